The van der Waals surface area contributed by atoms with Crippen LogP contribution < -0.4 is 9.47 Å². The first-order chi connectivity index (χ1) is 10.3. The molecule has 1 aliphatic rings. The van der Waals surface area contributed by atoms with Gasteiger partial charge >= 0.3 is 0 Å². The van der Waals surface area contributed by atoms with Crippen LogP contribution in [0.25, 0.3) is 6.08 Å². The van der Waals surface area contributed by atoms with Gasteiger partial charge in [-0.05, 0) is 61.4 Å². The standard InChI is InChI=1S/C19H27O2/c1-3-5-12-20-18-14-16-10-8-7-9-11-17(16)15-19(18)21-13-6-4-2/h11,14-15H,3-8,10,12-13H2,1-2H3. The first-order valence-electron chi connectivity index (χ1n) is 8.34. The highest BCUT2D eigenvalue weighted by Crippen LogP contribution is 2.34. The highest BCUT2D eigenvalue weighted by atomic mass is 16.5. The largest absolute Gasteiger partial charge is 0.490 e. The van der Waals surface area contributed by atoms with E-state index in [0.717, 1.165) is 69.7 Å². The molecule has 2 nitrogen and oxygen atoms in total. The Balaban J connectivity index is 2.18. The van der Waals surface area contributed by atoms with Gasteiger partial charge in [0.1, 0.15) is 0 Å². The van der Waals surface area contributed by atoms with Crippen LogP contribution in [-0.4, -0.2) is 13.2 Å². The van der Waals surface area contributed by atoms with Crippen LogP contribution in [0.3, 0.4) is 0 Å². The predicted octanol–water partition coefficient (Wildman–Crippen LogP) is 5.20. The van der Waals surface area contributed by atoms with Gasteiger partial charge in [-0.15, -0.1) is 0 Å². The molecule has 0 heterocycles. The number of hydrogen-bond donors (Lipinski definition) is 0. The molecule has 2 heteroatoms. The Kier molecular flexibility index (Phi) is 6.65. The van der Waals surface area contributed by atoms with Crippen molar-refractivity contribution in [3.63, 3.8) is 0 Å². The van der Waals surface area contributed by atoms with Crippen LogP contribution in [0.5, 0.6) is 11.5 Å². The van der Waals surface area contributed by atoms with Crippen molar-refractivity contribution in [3.8, 4) is 11.5 Å². The van der Waals surface area contributed by atoms with Gasteiger partial charge in [-0.2, -0.15) is 0 Å². The Labute approximate surface area is 129 Å². The number of rotatable bonds is 8. The van der Waals surface area contributed by atoms with E-state index in [4.69, 9.17) is 9.47 Å². The second-order valence-electron chi connectivity index (χ2n) is 5.60. The first-order valence-corrected chi connectivity index (χ1v) is 8.34. The van der Waals surface area contributed by atoms with E-state index in [1.165, 1.54) is 11.1 Å². The van der Waals surface area contributed by atoms with Crippen molar-refractivity contribution >= 4 is 6.08 Å². The molecule has 0 spiro atoms. The zero-order valence-electron chi connectivity index (χ0n) is 13.4. The summed E-state index contributed by atoms with van der Waals surface area (Å²) in [5, 5.41) is 0. The fraction of sp³-hybridized carbons (Fsp3) is 0.579. The van der Waals surface area contributed by atoms with Crippen molar-refractivity contribution in [1.29, 1.82) is 0 Å². The summed E-state index contributed by atoms with van der Waals surface area (Å²) in [4.78, 5) is 0. The van der Waals surface area contributed by atoms with E-state index in [1.807, 2.05) is 0 Å². The number of ether oxygens (including phenoxy) is 2. The molecule has 2 rings (SSSR count). The van der Waals surface area contributed by atoms with Gasteiger partial charge in [0, 0.05) is 0 Å². The fourth-order valence-electron chi connectivity index (χ4n) is 2.41. The van der Waals surface area contributed by atoms with Crippen molar-refractivity contribution in [2.75, 3.05) is 13.2 Å². The molecule has 1 radical (unpaired) electrons. The smallest absolute Gasteiger partial charge is 0.161 e. The number of fused-ring (bicyclic) bond motifs is 1. The summed E-state index contributed by atoms with van der Waals surface area (Å²) in [7, 11) is 0. The minimum absolute atomic E-state index is 0.757. The Bertz CT molecular complexity index is 463. The third-order valence-corrected chi connectivity index (χ3v) is 3.74. The average molecular weight is 287 g/mol. The van der Waals surface area contributed by atoms with Crippen LogP contribution in [0.1, 0.15) is 63.5 Å². The molecule has 0 saturated carbocycles. The number of hydrogen-bond acceptors (Lipinski definition) is 2. The summed E-state index contributed by atoms with van der Waals surface area (Å²) >= 11 is 0. The molecule has 0 N–H and O–H groups in total. The Morgan fingerprint density at radius 2 is 1.67 bits per heavy atom. The van der Waals surface area contributed by atoms with Crippen molar-refractivity contribution in [2.45, 2.75) is 58.8 Å². The molecule has 0 bridgehead atoms. The van der Waals surface area contributed by atoms with E-state index < -0.39 is 0 Å². The van der Waals surface area contributed by atoms with E-state index in [2.05, 4.69) is 38.1 Å². The number of allylic oxidation sites excluding steroid dienone is 1. The molecule has 1 aromatic carbocycles. The molecule has 0 atom stereocenters. The van der Waals surface area contributed by atoms with Gasteiger partial charge in [-0.3, -0.25) is 0 Å². The van der Waals surface area contributed by atoms with Crippen molar-refractivity contribution < 1.29 is 9.47 Å². The lowest BCUT2D eigenvalue weighted by Gasteiger charge is -2.16. The number of aryl methyl sites for hydroxylation is 1. The first kappa shape index (κ1) is 15.9. The second kappa shape index (κ2) is 8.76. The maximum absolute atomic E-state index is 5.96. The third-order valence-electron chi connectivity index (χ3n) is 3.74. The van der Waals surface area contributed by atoms with E-state index >= 15 is 0 Å². The molecule has 0 saturated heterocycles. The third kappa shape index (κ3) is 4.80. The minimum Gasteiger partial charge on any atom is -0.490 e. The maximum atomic E-state index is 5.96. The molecule has 0 aliphatic heterocycles. The monoisotopic (exact) mass is 287 g/mol. The topological polar surface area (TPSA) is 18.5 Å². The number of unbranched alkanes of at least 4 members (excludes halogenated alkanes) is 2. The summed E-state index contributed by atoms with van der Waals surface area (Å²) in [5.74, 6) is 1.80. The van der Waals surface area contributed by atoms with Gasteiger partial charge in [0.05, 0.1) is 13.2 Å². The van der Waals surface area contributed by atoms with Crippen LogP contribution in [-0.2, 0) is 6.42 Å². The van der Waals surface area contributed by atoms with Crippen LogP contribution in [0.4, 0.5) is 0 Å². The van der Waals surface area contributed by atoms with Crippen molar-refractivity contribution in [2.24, 2.45) is 0 Å². The minimum atomic E-state index is 0.757. The van der Waals surface area contributed by atoms with Gasteiger partial charge < -0.3 is 9.47 Å². The average Bonchev–Trinajstić information content (AvgIpc) is 2.72. The lowest BCUT2D eigenvalue weighted by molar-refractivity contribution is 0.261. The van der Waals surface area contributed by atoms with Crippen LogP contribution in [0.2, 0.25) is 0 Å². The molecule has 0 fully saturated rings. The van der Waals surface area contributed by atoms with E-state index in [0.29, 0.717) is 0 Å². The van der Waals surface area contributed by atoms with Gasteiger partial charge in [0.25, 0.3) is 0 Å². The van der Waals surface area contributed by atoms with Crippen LogP contribution in [0, 0.1) is 6.08 Å². The van der Waals surface area contributed by atoms with Crippen LogP contribution in [0.15, 0.2) is 12.1 Å². The second-order valence-corrected chi connectivity index (χ2v) is 5.60. The van der Waals surface area contributed by atoms with Gasteiger partial charge in [0.2, 0.25) is 0 Å². The fourth-order valence-corrected chi connectivity index (χ4v) is 2.41. The Morgan fingerprint density at radius 3 is 2.33 bits per heavy atom. The predicted molar refractivity (Wildman–Crippen MR) is 87.9 cm³/mol. The van der Waals surface area contributed by atoms with Crippen LogP contribution >= 0.6 is 0 Å². The lowest BCUT2D eigenvalue weighted by Crippen LogP contribution is -2.04. The van der Waals surface area contributed by atoms with E-state index in [-0.39, 0.29) is 0 Å². The highest BCUT2D eigenvalue weighted by molar-refractivity contribution is 5.60. The normalized spacial score (nSPS) is 13.6. The quantitative estimate of drug-likeness (QED) is 0.612. The molecule has 0 unspecified atom stereocenters. The summed E-state index contributed by atoms with van der Waals surface area (Å²) in [6, 6.07) is 4.31. The van der Waals surface area contributed by atoms with Crippen molar-refractivity contribution in [1.82, 2.24) is 0 Å². The SMILES string of the molecule is CCCCOc1cc2c(cc1OCCCC)CCC[C]=C2. The molecule has 0 amide bonds. The van der Waals surface area contributed by atoms with Gasteiger partial charge in [-0.1, -0.05) is 32.8 Å². The molecular weight excluding hydrogens is 260 g/mol. The van der Waals surface area contributed by atoms with E-state index in [1.54, 1.807) is 0 Å². The summed E-state index contributed by atoms with van der Waals surface area (Å²) in [5.41, 5.74) is 2.59. The van der Waals surface area contributed by atoms with Gasteiger partial charge in [0.15, 0.2) is 11.5 Å². The zero-order valence-corrected chi connectivity index (χ0v) is 13.4. The summed E-state index contributed by atoms with van der Waals surface area (Å²) < 4.78 is 11.9. The summed E-state index contributed by atoms with van der Waals surface area (Å²) in [6.45, 7) is 5.88. The molecule has 21 heavy (non-hydrogen) atoms. The molecule has 1 aromatic rings. The number of benzene rings is 1. The van der Waals surface area contributed by atoms with Crippen molar-refractivity contribution in [3.05, 3.63) is 29.3 Å². The molecule has 0 aromatic heterocycles. The summed E-state index contributed by atoms with van der Waals surface area (Å²) in [6.07, 6.45) is 13.2. The van der Waals surface area contributed by atoms with Gasteiger partial charge in [-0.25, -0.2) is 0 Å². The lowest BCUT2D eigenvalue weighted by atomic mass is 10.0. The molecular formula is C19H27O2. The maximum Gasteiger partial charge on any atom is 0.161 e. The van der Waals surface area contributed by atoms with E-state index in [9.17, 15) is 0 Å². The Morgan fingerprint density at radius 1 is 1.00 bits per heavy atom. The molecule has 115 valence electrons. The molecule has 1 aliphatic carbocycles. The highest BCUT2D eigenvalue weighted by Gasteiger charge is 2.12. The zero-order chi connectivity index (χ0) is 14.9. The Hall–Kier alpha value is -1.44.